The lowest BCUT2D eigenvalue weighted by Crippen LogP contribution is -2.60. The van der Waals surface area contributed by atoms with Gasteiger partial charge in [-0.1, -0.05) is 133 Å². The zero-order valence-corrected chi connectivity index (χ0v) is 36.9. The number of fused-ring (bicyclic) bond motifs is 16. The Balaban J connectivity index is 1.21. The van der Waals surface area contributed by atoms with Gasteiger partial charge in [0.1, 0.15) is 36.0 Å². The lowest BCUT2D eigenvalue weighted by molar-refractivity contribution is -0.142. The molecule has 1 aromatic heterocycles. The molecule has 2 aliphatic heterocycles. The van der Waals surface area contributed by atoms with E-state index in [1.807, 2.05) is 109 Å². The van der Waals surface area contributed by atoms with E-state index in [2.05, 4.69) is 26.6 Å². The van der Waals surface area contributed by atoms with Crippen LogP contribution >= 0.6 is 11.3 Å². The van der Waals surface area contributed by atoms with Crippen LogP contribution in [0.1, 0.15) is 33.6 Å². The molecule has 5 amide bonds. The summed E-state index contributed by atoms with van der Waals surface area (Å²) in [6.07, 6.45) is 0.585. The minimum atomic E-state index is -1.29. The number of carboxylic acid groups (broad SMARTS) is 1. The first-order chi connectivity index (χ1) is 32.1. The quantitative estimate of drug-likeness (QED) is 0.0851. The van der Waals surface area contributed by atoms with Crippen LogP contribution in [0.3, 0.4) is 0 Å². The van der Waals surface area contributed by atoms with E-state index in [-0.39, 0.29) is 32.1 Å². The molecule has 0 radical (unpaired) electrons. The zero-order chi connectivity index (χ0) is 46.3. The normalized spacial score (nSPS) is 18.7. The van der Waals surface area contributed by atoms with Crippen molar-refractivity contribution in [2.45, 2.75) is 68.7 Å². The maximum absolute atomic E-state index is 14.7. The summed E-state index contributed by atoms with van der Waals surface area (Å²) < 4.78 is 5.80. The number of carboxylic acids is 1. The SMILES string of the molecule is O=C1COc2ccc(cc2)C[C@@H](C(=O)N[C@@H](CCc2ccccc2)C(=O)O)NC(=O)[C@H](Cc2ccccc2)NC(=O)[C@@H](Cc2ccc(-c3ccccc3)cc2)NC(=O)[C@H](Cc2cccs2)N1. The number of nitrogens with one attached hydrogen (secondary N) is 5. The molecular formula is C52H51N5O8S. The highest BCUT2D eigenvalue weighted by atomic mass is 32.1. The average Bonchev–Trinajstić information content (AvgIpc) is 3.85. The van der Waals surface area contributed by atoms with Crippen LogP contribution in [-0.2, 0) is 60.9 Å². The third-order valence-electron chi connectivity index (χ3n) is 11.2. The summed E-state index contributed by atoms with van der Waals surface area (Å²) in [5.74, 6) is -4.22. The molecule has 0 fully saturated rings. The van der Waals surface area contributed by atoms with Crippen LogP contribution < -0.4 is 31.3 Å². The number of aryl methyl sites for hydroxylation is 1. The topological polar surface area (TPSA) is 192 Å². The third-order valence-corrected chi connectivity index (χ3v) is 12.1. The number of hydrogen-bond acceptors (Lipinski definition) is 8. The van der Waals surface area contributed by atoms with Crippen LogP contribution in [0.15, 0.2) is 157 Å². The molecule has 0 aliphatic carbocycles. The number of rotatable bonds is 13. The highest BCUT2D eigenvalue weighted by molar-refractivity contribution is 7.09. The molecule has 8 rings (SSSR count). The van der Waals surface area contributed by atoms with Crippen molar-refractivity contribution in [2.24, 2.45) is 0 Å². The highest BCUT2D eigenvalue weighted by Crippen LogP contribution is 2.21. The van der Waals surface area contributed by atoms with E-state index in [9.17, 15) is 33.9 Å². The van der Waals surface area contributed by atoms with E-state index in [0.29, 0.717) is 28.9 Å². The van der Waals surface area contributed by atoms with Gasteiger partial charge in [0, 0.05) is 30.6 Å². The fraction of sp³-hybridized carbons (Fsp3) is 0.231. The summed E-state index contributed by atoms with van der Waals surface area (Å²) in [6.45, 7) is -0.424. The van der Waals surface area contributed by atoms with Crippen molar-refractivity contribution in [3.8, 4) is 16.9 Å². The Hall–Kier alpha value is -7.58. The van der Waals surface area contributed by atoms with Crippen molar-refractivity contribution in [1.82, 2.24) is 26.6 Å². The summed E-state index contributed by atoms with van der Waals surface area (Å²) >= 11 is 1.42. The number of benzene rings is 5. The monoisotopic (exact) mass is 905 g/mol. The molecule has 2 bridgehead atoms. The second-order valence-electron chi connectivity index (χ2n) is 16.1. The fourth-order valence-corrected chi connectivity index (χ4v) is 8.41. The summed E-state index contributed by atoms with van der Waals surface area (Å²) in [7, 11) is 0. The summed E-state index contributed by atoms with van der Waals surface area (Å²) in [6, 6.07) is 39.8. The lowest BCUT2D eigenvalue weighted by atomic mass is 9.99. The predicted molar refractivity (Wildman–Crippen MR) is 251 cm³/mol. The Bertz CT molecular complexity index is 2560. The van der Waals surface area contributed by atoms with Crippen molar-refractivity contribution in [1.29, 1.82) is 0 Å². The Labute approximate surface area is 387 Å². The molecule has 13 nitrogen and oxygen atoms in total. The van der Waals surface area contributed by atoms with Crippen LogP contribution in [-0.4, -0.2) is 77.4 Å². The number of hydrogen-bond donors (Lipinski definition) is 6. The number of aliphatic carboxylic acids is 1. The van der Waals surface area contributed by atoms with Gasteiger partial charge in [-0.25, -0.2) is 4.79 Å². The molecule has 66 heavy (non-hydrogen) atoms. The van der Waals surface area contributed by atoms with Crippen LogP contribution in [0.4, 0.5) is 0 Å². The fourth-order valence-electron chi connectivity index (χ4n) is 7.66. The third kappa shape index (κ3) is 13.5. The molecular weight excluding hydrogens is 855 g/mol. The number of amides is 5. The highest BCUT2D eigenvalue weighted by Gasteiger charge is 2.33. The Morgan fingerprint density at radius 2 is 1.15 bits per heavy atom. The van der Waals surface area contributed by atoms with Crippen molar-refractivity contribution in [3.05, 3.63) is 184 Å². The average molecular weight is 906 g/mol. The van der Waals surface area contributed by atoms with Gasteiger partial charge in [-0.05, 0) is 69.8 Å². The van der Waals surface area contributed by atoms with E-state index >= 15 is 0 Å². The molecule has 338 valence electrons. The van der Waals surface area contributed by atoms with Crippen molar-refractivity contribution < 1.29 is 38.6 Å². The van der Waals surface area contributed by atoms with Gasteiger partial charge in [-0.15, -0.1) is 11.3 Å². The van der Waals surface area contributed by atoms with Gasteiger partial charge in [0.15, 0.2) is 6.61 Å². The number of carbonyl (C=O) groups excluding carboxylic acids is 5. The molecule has 6 N–H and O–H groups in total. The van der Waals surface area contributed by atoms with Crippen LogP contribution in [0, 0.1) is 0 Å². The molecule has 0 spiro atoms. The maximum Gasteiger partial charge on any atom is 0.326 e. The minimum absolute atomic E-state index is 0.0110. The second-order valence-corrected chi connectivity index (χ2v) is 17.1. The first kappa shape index (κ1) is 46.4. The standard InChI is InChI=1S/C52H51N5O8S/c58-47-33-65-40-25-20-37(21-26-40)31-44(48(59)54-42(52(63)64)27-22-34-11-4-1-5-12-34)56-49(60)43(29-35-13-6-2-7-14-35)55-50(61)45(57-51(62)46(53-47)32-41-17-10-28-66-41)30-36-18-23-39(24-19-36)38-15-8-3-9-16-38/h1-21,23-26,28,42-46H,22,27,29-33H2,(H,53,58)(H,54,59)(H,55,61)(H,56,60)(H,57,62)(H,63,64)/t42-,43-,44-,45+,46-/m0/s1. The largest absolute Gasteiger partial charge is 0.484 e. The van der Waals surface area contributed by atoms with E-state index in [1.165, 1.54) is 11.3 Å². The Morgan fingerprint density at radius 1 is 0.606 bits per heavy atom. The van der Waals surface area contributed by atoms with Crippen molar-refractivity contribution in [2.75, 3.05) is 6.61 Å². The summed E-state index contributed by atoms with van der Waals surface area (Å²) in [5, 5.41) is 26.1. The van der Waals surface area contributed by atoms with Gasteiger partial charge in [0.05, 0.1) is 0 Å². The molecule has 5 aromatic carbocycles. The van der Waals surface area contributed by atoms with Crippen molar-refractivity contribution >= 4 is 46.8 Å². The lowest BCUT2D eigenvalue weighted by Gasteiger charge is -2.27. The van der Waals surface area contributed by atoms with Gasteiger partial charge < -0.3 is 36.4 Å². The maximum atomic E-state index is 14.7. The predicted octanol–water partition coefficient (Wildman–Crippen LogP) is 5.22. The van der Waals surface area contributed by atoms with Crippen molar-refractivity contribution in [3.63, 3.8) is 0 Å². The minimum Gasteiger partial charge on any atom is -0.484 e. The molecule has 14 heteroatoms. The number of ether oxygens (including phenoxy) is 1. The Kier molecular flexibility index (Phi) is 16.1. The van der Waals surface area contributed by atoms with Gasteiger partial charge >= 0.3 is 5.97 Å². The first-order valence-corrected chi connectivity index (χ1v) is 22.6. The van der Waals surface area contributed by atoms with Gasteiger partial charge in [0.2, 0.25) is 23.6 Å². The van der Waals surface area contributed by atoms with E-state index in [0.717, 1.165) is 21.6 Å². The van der Waals surface area contributed by atoms with Crippen LogP contribution in [0.25, 0.3) is 11.1 Å². The summed E-state index contributed by atoms with van der Waals surface area (Å²) in [5.41, 5.74) is 4.86. The number of carbonyl (C=O) groups is 6. The molecule has 3 heterocycles. The van der Waals surface area contributed by atoms with Gasteiger partial charge in [0.25, 0.3) is 5.91 Å². The van der Waals surface area contributed by atoms with Gasteiger partial charge in [-0.3, -0.25) is 24.0 Å². The molecule has 0 unspecified atom stereocenters. The second kappa shape index (κ2) is 22.9. The molecule has 6 aromatic rings. The first-order valence-electron chi connectivity index (χ1n) is 21.8. The number of thiophene rings is 1. The zero-order valence-electron chi connectivity index (χ0n) is 36.1. The molecule has 2 aliphatic rings. The van der Waals surface area contributed by atoms with Gasteiger partial charge in [-0.2, -0.15) is 0 Å². The van der Waals surface area contributed by atoms with E-state index in [1.54, 1.807) is 48.5 Å². The van der Waals surface area contributed by atoms with E-state index in [4.69, 9.17) is 4.74 Å². The molecule has 5 atom stereocenters. The molecule has 0 saturated carbocycles. The Morgan fingerprint density at radius 3 is 1.74 bits per heavy atom. The van der Waals surface area contributed by atoms with Crippen LogP contribution in [0.5, 0.6) is 5.75 Å². The smallest absolute Gasteiger partial charge is 0.326 e. The van der Waals surface area contributed by atoms with Crippen LogP contribution in [0.2, 0.25) is 0 Å². The molecule has 0 saturated heterocycles. The summed E-state index contributed by atoms with van der Waals surface area (Å²) in [4.78, 5) is 84.5. The van der Waals surface area contributed by atoms with E-state index < -0.39 is 72.3 Å².